The summed E-state index contributed by atoms with van der Waals surface area (Å²) in [5.74, 6) is -6.78. The Hall–Kier alpha value is -3.68. The molecule has 26 heavy (non-hydrogen) atoms. The van der Waals surface area contributed by atoms with E-state index in [4.69, 9.17) is 19.7 Å². The van der Waals surface area contributed by atoms with Crippen molar-refractivity contribution in [3.63, 3.8) is 0 Å². The Morgan fingerprint density at radius 2 is 1.46 bits per heavy atom. The zero-order chi connectivity index (χ0) is 18.8. The van der Waals surface area contributed by atoms with Crippen molar-refractivity contribution in [2.24, 2.45) is 5.92 Å². The Labute approximate surface area is 146 Å². The van der Waals surface area contributed by atoms with Crippen LogP contribution >= 0.6 is 0 Å². The number of ketones is 2. The zero-order valence-electron chi connectivity index (χ0n) is 13.2. The molecule has 8 heteroatoms. The predicted octanol–water partition coefficient (Wildman–Crippen LogP) is 1.61. The number of carboxylic acid groups (broad SMARTS) is 2. The Kier molecular flexibility index (Phi) is 4.40. The van der Waals surface area contributed by atoms with Gasteiger partial charge >= 0.3 is 11.9 Å². The second-order valence-corrected chi connectivity index (χ2v) is 5.42. The van der Waals surface area contributed by atoms with Crippen LogP contribution in [0.15, 0.2) is 42.5 Å². The van der Waals surface area contributed by atoms with Crippen molar-refractivity contribution in [3.8, 4) is 11.5 Å². The van der Waals surface area contributed by atoms with Crippen molar-refractivity contribution in [1.82, 2.24) is 0 Å². The number of rotatable bonds is 6. The molecule has 8 nitrogen and oxygen atoms in total. The van der Waals surface area contributed by atoms with Gasteiger partial charge in [-0.1, -0.05) is 24.3 Å². The summed E-state index contributed by atoms with van der Waals surface area (Å²) in [5.41, 5.74) is -0.175. The van der Waals surface area contributed by atoms with Crippen LogP contribution in [0.1, 0.15) is 26.3 Å². The highest BCUT2D eigenvalue weighted by Crippen LogP contribution is 2.33. The summed E-state index contributed by atoms with van der Waals surface area (Å²) in [5, 5.41) is 18.0. The molecule has 1 heterocycles. The van der Waals surface area contributed by atoms with Gasteiger partial charge in [-0.05, 0) is 18.2 Å². The molecule has 2 N–H and O–H groups in total. The highest BCUT2D eigenvalue weighted by Gasteiger charge is 2.36. The molecule has 0 amide bonds. The molecule has 132 valence electrons. The Balaban J connectivity index is 2.01. The lowest BCUT2D eigenvalue weighted by Gasteiger charge is -2.11. The molecule has 1 aliphatic rings. The van der Waals surface area contributed by atoms with Gasteiger partial charge in [0.15, 0.2) is 23.1 Å². The molecule has 0 aromatic heterocycles. The quantitative estimate of drug-likeness (QED) is 0.590. The van der Waals surface area contributed by atoms with Crippen LogP contribution in [0.5, 0.6) is 11.5 Å². The van der Waals surface area contributed by atoms with Gasteiger partial charge in [-0.25, -0.2) is 0 Å². The topological polar surface area (TPSA) is 127 Å². The van der Waals surface area contributed by atoms with Crippen LogP contribution in [-0.2, 0) is 9.59 Å². The smallest absolute Gasteiger partial charge is 0.325 e. The average Bonchev–Trinajstić information content (AvgIpc) is 3.08. The van der Waals surface area contributed by atoms with Crippen molar-refractivity contribution in [2.75, 3.05) is 6.79 Å². The molecule has 0 fully saturated rings. The van der Waals surface area contributed by atoms with Crippen LogP contribution < -0.4 is 9.47 Å². The van der Waals surface area contributed by atoms with E-state index < -0.39 is 29.4 Å². The number of fused-ring (bicyclic) bond motifs is 1. The summed E-state index contributed by atoms with van der Waals surface area (Å²) in [6.45, 7) is 0.0287. The summed E-state index contributed by atoms with van der Waals surface area (Å²) >= 11 is 0. The SMILES string of the molecule is O=C(c1ccc2c(c1)OCO2)c1ccccc1C(=O)C(C(=O)O)C(=O)O. The molecule has 0 atom stereocenters. The number of aliphatic carboxylic acids is 2. The number of hydrogen-bond donors (Lipinski definition) is 2. The third kappa shape index (κ3) is 3.00. The predicted molar refractivity (Wildman–Crippen MR) is 85.5 cm³/mol. The Morgan fingerprint density at radius 3 is 2.12 bits per heavy atom. The maximum absolute atomic E-state index is 12.8. The molecular formula is C18H12O8. The third-order valence-corrected chi connectivity index (χ3v) is 3.83. The van der Waals surface area contributed by atoms with Crippen molar-refractivity contribution in [1.29, 1.82) is 0 Å². The van der Waals surface area contributed by atoms with E-state index in [1.165, 1.54) is 42.5 Å². The van der Waals surface area contributed by atoms with E-state index in [9.17, 15) is 19.2 Å². The number of carboxylic acids is 2. The molecule has 0 saturated heterocycles. The van der Waals surface area contributed by atoms with E-state index in [2.05, 4.69) is 0 Å². The van der Waals surface area contributed by atoms with Crippen LogP contribution in [-0.4, -0.2) is 40.5 Å². The van der Waals surface area contributed by atoms with Gasteiger partial charge in [-0.2, -0.15) is 0 Å². The molecule has 3 rings (SSSR count). The van der Waals surface area contributed by atoms with Crippen molar-refractivity contribution < 1.29 is 38.9 Å². The number of benzene rings is 2. The molecular weight excluding hydrogens is 344 g/mol. The lowest BCUT2D eigenvalue weighted by molar-refractivity contribution is -0.151. The minimum absolute atomic E-state index is 0.0287. The van der Waals surface area contributed by atoms with E-state index >= 15 is 0 Å². The highest BCUT2D eigenvalue weighted by atomic mass is 16.7. The summed E-state index contributed by atoms with van der Waals surface area (Å²) < 4.78 is 10.4. The molecule has 2 aromatic rings. The van der Waals surface area contributed by atoms with Crippen LogP contribution in [0, 0.1) is 5.92 Å². The Morgan fingerprint density at radius 1 is 0.846 bits per heavy atom. The van der Waals surface area contributed by atoms with Gasteiger partial charge in [0.05, 0.1) is 0 Å². The molecule has 0 unspecified atom stereocenters. The van der Waals surface area contributed by atoms with Crippen molar-refractivity contribution in [3.05, 3.63) is 59.2 Å². The second kappa shape index (κ2) is 6.67. The second-order valence-electron chi connectivity index (χ2n) is 5.42. The summed E-state index contributed by atoms with van der Waals surface area (Å²) in [7, 11) is 0. The average molecular weight is 356 g/mol. The number of hydrogen-bond acceptors (Lipinski definition) is 6. The van der Waals surface area contributed by atoms with Crippen LogP contribution in [0.4, 0.5) is 0 Å². The molecule has 2 aromatic carbocycles. The lowest BCUT2D eigenvalue weighted by atomic mass is 9.90. The molecule has 0 aliphatic carbocycles. The number of carbonyl (C=O) groups is 4. The van der Waals surface area contributed by atoms with Gasteiger partial charge < -0.3 is 19.7 Å². The van der Waals surface area contributed by atoms with Gasteiger partial charge in [0.1, 0.15) is 0 Å². The van der Waals surface area contributed by atoms with Crippen LogP contribution in [0.3, 0.4) is 0 Å². The first-order valence-electron chi connectivity index (χ1n) is 7.43. The number of ether oxygens (including phenoxy) is 2. The number of carbonyl (C=O) groups excluding carboxylic acids is 2. The first-order chi connectivity index (χ1) is 12.4. The van der Waals surface area contributed by atoms with Crippen molar-refractivity contribution >= 4 is 23.5 Å². The lowest BCUT2D eigenvalue weighted by Crippen LogP contribution is -2.32. The van der Waals surface area contributed by atoms with Gasteiger partial charge in [-0.15, -0.1) is 0 Å². The largest absolute Gasteiger partial charge is 0.480 e. The monoisotopic (exact) mass is 356 g/mol. The fourth-order valence-corrected chi connectivity index (χ4v) is 2.57. The Bertz CT molecular complexity index is 917. The normalized spacial score (nSPS) is 12.0. The van der Waals surface area contributed by atoms with Gasteiger partial charge in [0.25, 0.3) is 0 Å². The van der Waals surface area contributed by atoms with Gasteiger partial charge in [-0.3, -0.25) is 19.2 Å². The fourth-order valence-electron chi connectivity index (χ4n) is 2.57. The van der Waals surface area contributed by atoms with Crippen molar-refractivity contribution in [2.45, 2.75) is 0 Å². The van der Waals surface area contributed by atoms with E-state index in [1.54, 1.807) is 0 Å². The molecule has 0 radical (unpaired) electrons. The van der Waals surface area contributed by atoms with E-state index in [-0.39, 0.29) is 23.5 Å². The fraction of sp³-hybridized carbons (Fsp3) is 0.111. The zero-order valence-corrected chi connectivity index (χ0v) is 13.2. The summed E-state index contributed by atoms with van der Waals surface area (Å²) in [6, 6.07) is 9.93. The number of Topliss-reactive ketones (excluding diaryl/α,β-unsaturated/α-hetero) is 1. The van der Waals surface area contributed by atoms with E-state index in [0.29, 0.717) is 11.5 Å². The van der Waals surface area contributed by atoms with Crippen LogP contribution in [0.25, 0.3) is 0 Å². The van der Waals surface area contributed by atoms with E-state index in [1.807, 2.05) is 0 Å². The highest BCUT2D eigenvalue weighted by molar-refractivity contribution is 6.24. The molecule has 0 bridgehead atoms. The maximum Gasteiger partial charge on any atom is 0.325 e. The van der Waals surface area contributed by atoms with Gasteiger partial charge in [0, 0.05) is 16.7 Å². The first kappa shape index (κ1) is 17.2. The van der Waals surface area contributed by atoms with E-state index in [0.717, 1.165) is 0 Å². The minimum atomic E-state index is -2.29. The third-order valence-electron chi connectivity index (χ3n) is 3.83. The molecule has 0 saturated carbocycles. The maximum atomic E-state index is 12.8. The van der Waals surface area contributed by atoms with Crippen LogP contribution in [0.2, 0.25) is 0 Å². The molecule has 1 aliphatic heterocycles. The van der Waals surface area contributed by atoms with Gasteiger partial charge in [0.2, 0.25) is 12.7 Å². The minimum Gasteiger partial charge on any atom is -0.480 e. The summed E-state index contributed by atoms with van der Waals surface area (Å²) in [4.78, 5) is 47.4. The summed E-state index contributed by atoms with van der Waals surface area (Å²) in [6.07, 6.45) is 0. The first-order valence-corrected chi connectivity index (χ1v) is 7.43. The standard InChI is InChI=1S/C18H12O8/c19-15(9-5-6-12-13(7-9)26-8-25-12)10-3-1-2-4-11(10)16(20)14(17(21)22)18(23)24/h1-7,14H,8H2,(H,21,22)(H,23,24). The molecule has 0 spiro atoms.